The van der Waals surface area contributed by atoms with Gasteiger partial charge in [0, 0.05) is 47.6 Å². The highest BCUT2D eigenvalue weighted by Crippen LogP contribution is 2.31. The van der Waals surface area contributed by atoms with Crippen molar-refractivity contribution in [1.82, 2.24) is 25.1 Å². The maximum absolute atomic E-state index is 14.9. The normalized spacial score (nSPS) is 12.6. The number of aryl methyl sites for hydroxylation is 3. The Bertz CT molecular complexity index is 2010. The highest BCUT2D eigenvalue weighted by molar-refractivity contribution is 5.90. The molecule has 3 heterocycles. The van der Waals surface area contributed by atoms with Crippen LogP contribution >= 0.6 is 0 Å². The number of likely N-dealkylation sites (N-methyl/N-ethyl adjacent to an activating group) is 1. The van der Waals surface area contributed by atoms with Crippen molar-refractivity contribution in [2.24, 2.45) is 0 Å². The Labute approximate surface area is 276 Å². The standard InChI is InChI=1S/C40H43FN6/c1-7-12-36(32-20-34(41)23-35(21-32)43-17-18-47(5)6)37-24-39(44-27(37)3)40-38(28(4)45-46-40)22-31(8-2)33-19-30(25-42-26-33)16-15-29-13-10-9-11-14-29/h7-14,19-26,43-45H,1,4,15-18H2,2-3,5-6H3/b31-8+,36-12-,38-22+. The van der Waals surface area contributed by atoms with Crippen LogP contribution in [0.25, 0.3) is 35.2 Å². The molecule has 5 aromatic rings. The zero-order chi connectivity index (χ0) is 33.3. The van der Waals surface area contributed by atoms with Gasteiger partial charge in [0.25, 0.3) is 0 Å². The summed E-state index contributed by atoms with van der Waals surface area (Å²) in [5.74, 6) is -0.304. The lowest BCUT2D eigenvalue weighted by molar-refractivity contribution is 0.425. The largest absolute Gasteiger partial charge is 0.384 e. The van der Waals surface area contributed by atoms with Crippen molar-refractivity contribution in [3.8, 4) is 11.4 Å². The van der Waals surface area contributed by atoms with E-state index in [1.54, 1.807) is 12.1 Å². The summed E-state index contributed by atoms with van der Waals surface area (Å²) in [4.78, 5) is 10.2. The van der Waals surface area contributed by atoms with Crippen LogP contribution in [0.1, 0.15) is 40.4 Å². The van der Waals surface area contributed by atoms with Crippen molar-refractivity contribution in [1.29, 1.82) is 0 Å². The Hall–Kier alpha value is -5.27. The number of nitrogens with zero attached hydrogens (tertiary/aromatic N) is 3. The lowest BCUT2D eigenvalue weighted by Crippen LogP contribution is -2.22. The smallest absolute Gasteiger partial charge is 0.125 e. The highest BCUT2D eigenvalue weighted by Gasteiger charge is 2.16. The van der Waals surface area contributed by atoms with E-state index in [0.717, 1.165) is 75.2 Å². The fourth-order valence-corrected chi connectivity index (χ4v) is 5.65. The van der Waals surface area contributed by atoms with Crippen molar-refractivity contribution in [3.63, 3.8) is 0 Å². The van der Waals surface area contributed by atoms with E-state index in [-0.39, 0.29) is 5.82 Å². The fraction of sp³-hybridized carbons (Fsp3) is 0.200. The first-order valence-electron chi connectivity index (χ1n) is 15.9. The molecule has 0 aliphatic carbocycles. The van der Waals surface area contributed by atoms with Gasteiger partial charge in [0.1, 0.15) is 11.5 Å². The van der Waals surface area contributed by atoms with E-state index in [4.69, 9.17) is 0 Å². The first-order chi connectivity index (χ1) is 22.7. The zero-order valence-electron chi connectivity index (χ0n) is 27.7. The number of halogens is 1. The number of allylic oxidation sites excluding steroid dienone is 4. The summed E-state index contributed by atoms with van der Waals surface area (Å²) in [6.45, 7) is 13.8. The Morgan fingerprint density at radius 2 is 1.79 bits per heavy atom. The van der Waals surface area contributed by atoms with Crippen molar-refractivity contribution < 1.29 is 4.39 Å². The van der Waals surface area contributed by atoms with Crippen molar-refractivity contribution >= 4 is 29.5 Å². The molecule has 0 radical (unpaired) electrons. The van der Waals surface area contributed by atoms with Gasteiger partial charge in [-0.15, -0.1) is 0 Å². The van der Waals surface area contributed by atoms with E-state index >= 15 is 0 Å². The number of pyridine rings is 1. The average Bonchev–Trinajstić information content (AvgIpc) is 3.62. The summed E-state index contributed by atoms with van der Waals surface area (Å²) in [5, 5.41) is 12.7. The molecule has 3 N–H and O–H groups in total. The van der Waals surface area contributed by atoms with Gasteiger partial charge in [0.2, 0.25) is 0 Å². The zero-order valence-corrected chi connectivity index (χ0v) is 27.7. The third-order valence-electron chi connectivity index (χ3n) is 8.11. The van der Waals surface area contributed by atoms with Gasteiger partial charge < -0.3 is 15.2 Å². The third-order valence-corrected chi connectivity index (χ3v) is 8.11. The van der Waals surface area contributed by atoms with Crippen LogP contribution in [0.4, 0.5) is 10.1 Å². The van der Waals surface area contributed by atoms with Crippen LogP contribution in [0.2, 0.25) is 0 Å². The van der Waals surface area contributed by atoms with E-state index in [0.29, 0.717) is 11.9 Å². The molecule has 0 unspecified atom stereocenters. The Morgan fingerprint density at radius 3 is 2.53 bits per heavy atom. The topological polar surface area (TPSA) is 72.6 Å². The van der Waals surface area contributed by atoms with Crippen LogP contribution < -0.4 is 15.9 Å². The number of hydrogen-bond donors (Lipinski definition) is 3. The van der Waals surface area contributed by atoms with Gasteiger partial charge in [-0.25, -0.2) is 4.39 Å². The molecule has 0 atom stereocenters. The summed E-state index contributed by atoms with van der Waals surface area (Å²) < 4.78 is 14.9. The summed E-state index contributed by atoms with van der Waals surface area (Å²) in [7, 11) is 4.02. The minimum Gasteiger partial charge on any atom is -0.384 e. The van der Waals surface area contributed by atoms with Crippen LogP contribution in [0, 0.1) is 12.7 Å². The summed E-state index contributed by atoms with van der Waals surface area (Å²) in [6.07, 6.45) is 13.5. The molecule has 240 valence electrons. The van der Waals surface area contributed by atoms with E-state index in [1.807, 2.05) is 58.5 Å². The first-order valence-corrected chi connectivity index (χ1v) is 15.9. The van der Waals surface area contributed by atoms with Gasteiger partial charge in [-0.05, 0) is 111 Å². The van der Waals surface area contributed by atoms with Crippen molar-refractivity contribution in [3.05, 3.63) is 148 Å². The molecule has 0 spiro atoms. The Morgan fingerprint density at radius 1 is 1.00 bits per heavy atom. The molecule has 2 aromatic carbocycles. The second-order valence-corrected chi connectivity index (χ2v) is 11.9. The van der Waals surface area contributed by atoms with Gasteiger partial charge in [-0.2, -0.15) is 5.10 Å². The molecular weight excluding hydrogens is 583 g/mol. The number of nitrogens with one attached hydrogen (secondary N) is 3. The number of aromatic nitrogens is 4. The molecule has 47 heavy (non-hydrogen) atoms. The van der Waals surface area contributed by atoms with Crippen molar-refractivity contribution in [2.45, 2.75) is 26.7 Å². The van der Waals surface area contributed by atoms with Crippen molar-refractivity contribution in [2.75, 3.05) is 32.5 Å². The quantitative estimate of drug-likeness (QED) is 0.124. The fourth-order valence-electron chi connectivity index (χ4n) is 5.65. The average molecular weight is 627 g/mol. The summed E-state index contributed by atoms with van der Waals surface area (Å²) in [6, 6.07) is 19.8. The number of rotatable bonds is 13. The van der Waals surface area contributed by atoms with Gasteiger partial charge in [-0.3, -0.25) is 10.1 Å². The van der Waals surface area contributed by atoms with Crippen LogP contribution in [0.15, 0.2) is 97.9 Å². The maximum atomic E-state index is 14.9. The Balaban J connectivity index is 1.46. The van der Waals surface area contributed by atoms with Crippen LogP contribution in [-0.2, 0) is 12.8 Å². The molecule has 0 fully saturated rings. The molecule has 0 amide bonds. The van der Waals surface area contributed by atoms with Gasteiger partial charge >= 0.3 is 0 Å². The second kappa shape index (κ2) is 15.3. The molecule has 0 saturated heterocycles. The number of H-pyrrole nitrogens is 2. The molecule has 6 nitrogen and oxygen atoms in total. The summed E-state index contributed by atoms with van der Waals surface area (Å²) >= 11 is 0. The van der Waals surface area contributed by atoms with Gasteiger partial charge in [-0.1, -0.05) is 61.7 Å². The molecule has 5 rings (SSSR count). The lowest BCUT2D eigenvalue weighted by atomic mass is 9.96. The number of benzene rings is 2. The number of hydrogen-bond acceptors (Lipinski definition) is 4. The first kappa shape index (κ1) is 33.1. The van der Waals surface area contributed by atoms with E-state index < -0.39 is 0 Å². The number of aromatic amines is 2. The number of anilines is 1. The second-order valence-electron chi connectivity index (χ2n) is 11.9. The monoisotopic (exact) mass is 626 g/mol. The SMILES string of the molecule is C=C/C=C(/c1cc(F)cc(NCCN(C)C)c1)c1cc(-c2n[nH]c(=C)/c2=C\C(=C/C)c2cncc(CCc3ccccc3)c2)[nH]c1C. The third kappa shape index (κ3) is 8.31. The van der Waals surface area contributed by atoms with Gasteiger partial charge in [0.15, 0.2) is 0 Å². The van der Waals surface area contributed by atoms with E-state index in [1.165, 1.54) is 17.2 Å². The molecule has 3 aromatic heterocycles. The minimum absolute atomic E-state index is 0.304. The van der Waals surface area contributed by atoms with E-state index in [9.17, 15) is 4.39 Å². The molecular formula is C40H43FN6. The summed E-state index contributed by atoms with van der Waals surface area (Å²) in [5.41, 5.74) is 10.3. The predicted octanol–water partition coefficient (Wildman–Crippen LogP) is 6.92. The highest BCUT2D eigenvalue weighted by atomic mass is 19.1. The molecule has 0 aliphatic heterocycles. The lowest BCUT2D eigenvalue weighted by Gasteiger charge is -2.14. The van der Waals surface area contributed by atoms with Crippen LogP contribution in [0.3, 0.4) is 0 Å². The van der Waals surface area contributed by atoms with Crippen LogP contribution in [-0.4, -0.2) is 52.3 Å². The molecule has 0 bridgehead atoms. The van der Waals surface area contributed by atoms with E-state index in [2.05, 4.69) is 92.1 Å². The molecule has 0 saturated carbocycles. The maximum Gasteiger partial charge on any atom is 0.125 e. The molecule has 7 heteroatoms. The predicted molar refractivity (Wildman–Crippen MR) is 195 cm³/mol. The molecule has 0 aliphatic rings. The van der Waals surface area contributed by atoms with Crippen LogP contribution in [0.5, 0.6) is 0 Å². The Kier molecular flexibility index (Phi) is 10.8. The minimum atomic E-state index is -0.304. The van der Waals surface area contributed by atoms with Gasteiger partial charge in [0.05, 0.1) is 11.0 Å².